The molecule has 1 N–H and O–H groups in total. The first-order chi connectivity index (χ1) is 8.67. The molecule has 2 aromatic rings. The Bertz CT molecular complexity index is 503. The van der Waals surface area contributed by atoms with Crippen LogP contribution < -0.4 is 5.32 Å². The Balaban J connectivity index is 2.13. The van der Waals surface area contributed by atoms with Crippen LogP contribution in [0.25, 0.3) is 0 Å². The lowest BCUT2D eigenvalue weighted by molar-refractivity contribution is 0.922. The van der Waals surface area contributed by atoms with E-state index in [0.717, 1.165) is 24.3 Å². The van der Waals surface area contributed by atoms with Gasteiger partial charge >= 0.3 is 0 Å². The highest BCUT2D eigenvalue weighted by molar-refractivity contribution is 6.29. The largest absolute Gasteiger partial charge is 0.340 e. The smallest absolute Gasteiger partial charge is 0.135 e. The van der Waals surface area contributed by atoms with Gasteiger partial charge in [-0.05, 0) is 31.0 Å². The third-order valence-corrected chi connectivity index (χ3v) is 2.77. The molecule has 0 unspecified atom stereocenters. The molecule has 0 saturated carbocycles. The van der Waals surface area contributed by atoms with E-state index < -0.39 is 0 Å². The molecule has 0 spiro atoms. The van der Waals surface area contributed by atoms with Crippen molar-refractivity contribution in [2.24, 2.45) is 0 Å². The van der Waals surface area contributed by atoms with Crippen LogP contribution in [0.3, 0.4) is 0 Å². The molecular weight excluding hydrogens is 246 g/mol. The highest BCUT2D eigenvalue weighted by Gasteiger charge is 2.00. The second-order valence-electron chi connectivity index (χ2n) is 4.20. The number of halogens is 1. The van der Waals surface area contributed by atoms with Crippen molar-refractivity contribution in [2.45, 2.75) is 26.7 Å². The summed E-state index contributed by atoms with van der Waals surface area (Å²) in [7, 11) is 0. The molecule has 0 fully saturated rings. The zero-order valence-electron chi connectivity index (χ0n) is 10.6. The van der Waals surface area contributed by atoms with Crippen LogP contribution in [0, 0.1) is 6.92 Å². The molecule has 0 aliphatic heterocycles. The number of aryl methyl sites for hydroxylation is 2. The monoisotopic (exact) mass is 261 g/mol. The Labute approximate surface area is 112 Å². The lowest BCUT2D eigenvalue weighted by Crippen LogP contribution is -1.97. The maximum absolute atomic E-state index is 5.89. The summed E-state index contributed by atoms with van der Waals surface area (Å²) in [5, 5.41) is 3.67. The number of benzene rings is 1. The first kappa shape index (κ1) is 12.8. The van der Waals surface area contributed by atoms with E-state index in [1.165, 1.54) is 5.56 Å². The van der Waals surface area contributed by atoms with Gasteiger partial charge in [-0.1, -0.05) is 37.1 Å². The molecule has 1 heterocycles. The highest BCUT2D eigenvalue weighted by atomic mass is 35.5. The molecule has 0 aliphatic rings. The van der Waals surface area contributed by atoms with Crippen LogP contribution in [-0.2, 0) is 6.42 Å². The molecule has 4 heteroatoms. The summed E-state index contributed by atoms with van der Waals surface area (Å²) in [6.45, 7) is 4.00. The lowest BCUT2D eigenvalue weighted by atomic mass is 10.1. The zero-order valence-corrected chi connectivity index (χ0v) is 11.3. The topological polar surface area (TPSA) is 37.8 Å². The molecule has 1 aromatic heterocycles. The summed E-state index contributed by atoms with van der Waals surface area (Å²) in [4.78, 5) is 8.31. The number of hydrogen-bond acceptors (Lipinski definition) is 3. The van der Waals surface area contributed by atoms with Crippen molar-refractivity contribution in [1.29, 1.82) is 0 Å². The third-order valence-electron chi connectivity index (χ3n) is 2.57. The standard InChI is InChI=1S/C14H16ClN3/c1-3-4-11-5-7-12(8-6-11)18-14-9-13(15)16-10(2)17-14/h5-9H,3-4H2,1-2H3,(H,16,17,18). The number of hydrogen-bond donors (Lipinski definition) is 1. The number of rotatable bonds is 4. The van der Waals surface area contributed by atoms with Gasteiger partial charge in [0.2, 0.25) is 0 Å². The van der Waals surface area contributed by atoms with Gasteiger partial charge in [0.1, 0.15) is 16.8 Å². The summed E-state index contributed by atoms with van der Waals surface area (Å²) in [5.74, 6) is 1.38. The van der Waals surface area contributed by atoms with Crippen LogP contribution in [0.4, 0.5) is 11.5 Å². The van der Waals surface area contributed by atoms with Crippen molar-refractivity contribution in [3.05, 3.63) is 46.9 Å². The lowest BCUT2D eigenvalue weighted by Gasteiger charge is -2.07. The van der Waals surface area contributed by atoms with Crippen molar-refractivity contribution < 1.29 is 0 Å². The fourth-order valence-corrected chi connectivity index (χ4v) is 2.01. The average Bonchev–Trinajstić information content (AvgIpc) is 2.31. The first-order valence-electron chi connectivity index (χ1n) is 6.04. The molecule has 0 saturated heterocycles. The molecule has 0 amide bonds. The van der Waals surface area contributed by atoms with Crippen molar-refractivity contribution in [1.82, 2.24) is 9.97 Å². The minimum Gasteiger partial charge on any atom is -0.340 e. The van der Waals surface area contributed by atoms with Gasteiger partial charge < -0.3 is 5.32 Å². The van der Waals surface area contributed by atoms with Crippen LogP contribution in [0.1, 0.15) is 24.7 Å². The number of anilines is 2. The zero-order chi connectivity index (χ0) is 13.0. The SMILES string of the molecule is CCCc1ccc(Nc2cc(Cl)nc(C)n2)cc1. The van der Waals surface area contributed by atoms with Gasteiger partial charge in [0.15, 0.2) is 0 Å². The second kappa shape index (κ2) is 5.83. The molecule has 1 aromatic carbocycles. The summed E-state index contributed by atoms with van der Waals surface area (Å²) in [5.41, 5.74) is 2.35. The third kappa shape index (κ3) is 3.44. The predicted molar refractivity (Wildman–Crippen MR) is 75.5 cm³/mol. The van der Waals surface area contributed by atoms with Crippen LogP contribution in [-0.4, -0.2) is 9.97 Å². The predicted octanol–water partition coefficient (Wildman–Crippen LogP) is 4.13. The van der Waals surface area contributed by atoms with Crippen LogP contribution >= 0.6 is 11.6 Å². The summed E-state index contributed by atoms with van der Waals surface area (Å²) in [6.07, 6.45) is 2.27. The van der Waals surface area contributed by atoms with Crippen molar-refractivity contribution >= 4 is 23.1 Å². The normalized spacial score (nSPS) is 10.4. The van der Waals surface area contributed by atoms with Crippen molar-refractivity contribution in [3.63, 3.8) is 0 Å². The second-order valence-corrected chi connectivity index (χ2v) is 4.58. The van der Waals surface area contributed by atoms with Gasteiger partial charge in [-0.3, -0.25) is 0 Å². The van der Waals surface area contributed by atoms with E-state index in [-0.39, 0.29) is 0 Å². The van der Waals surface area contributed by atoms with E-state index in [1.807, 2.05) is 6.92 Å². The molecule has 3 nitrogen and oxygen atoms in total. The van der Waals surface area contributed by atoms with E-state index in [9.17, 15) is 0 Å². The quantitative estimate of drug-likeness (QED) is 0.841. The molecule has 0 radical (unpaired) electrons. The molecular formula is C14H16ClN3. The molecule has 18 heavy (non-hydrogen) atoms. The molecule has 0 atom stereocenters. The summed E-state index contributed by atoms with van der Waals surface area (Å²) in [6, 6.07) is 10.1. The van der Waals surface area contributed by atoms with Crippen molar-refractivity contribution in [2.75, 3.05) is 5.32 Å². The van der Waals surface area contributed by atoms with Gasteiger partial charge in [0.25, 0.3) is 0 Å². The molecule has 0 aliphatic carbocycles. The minimum atomic E-state index is 0.451. The van der Waals surface area contributed by atoms with Crippen LogP contribution in [0.5, 0.6) is 0 Å². The van der Waals surface area contributed by atoms with E-state index in [4.69, 9.17) is 11.6 Å². The van der Waals surface area contributed by atoms with E-state index in [2.05, 4.69) is 46.5 Å². The summed E-state index contributed by atoms with van der Waals surface area (Å²) >= 11 is 5.89. The average molecular weight is 262 g/mol. The highest BCUT2D eigenvalue weighted by Crippen LogP contribution is 2.18. The Morgan fingerprint density at radius 3 is 2.50 bits per heavy atom. The Hall–Kier alpha value is -1.61. The first-order valence-corrected chi connectivity index (χ1v) is 6.42. The fourth-order valence-electron chi connectivity index (χ4n) is 1.79. The minimum absolute atomic E-state index is 0.451. The number of nitrogens with one attached hydrogen (secondary N) is 1. The summed E-state index contributed by atoms with van der Waals surface area (Å²) < 4.78 is 0. The molecule has 94 valence electrons. The van der Waals surface area contributed by atoms with Gasteiger partial charge in [-0.25, -0.2) is 9.97 Å². The van der Waals surface area contributed by atoms with Crippen molar-refractivity contribution in [3.8, 4) is 0 Å². The van der Waals surface area contributed by atoms with Gasteiger partial charge in [-0.2, -0.15) is 0 Å². The Morgan fingerprint density at radius 1 is 1.17 bits per heavy atom. The number of aromatic nitrogens is 2. The Morgan fingerprint density at radius 2 is 1.89 bits per heavy atom. The molecule has 0 bridgehead atoms. The van der Waals surface area contributed by atoms with Crippen LogP contribution in [0.15, 0.2) is 30.3 Å². The Kier molecular flexibility index (Phi) is 4.15. The van der Waals surface area contributed by atoms with Gasteiger partial charge in [0, 0.05) is 11.8 Å². The number of nitrogens with zero attached hydrogens (tertiary/aromatic N) is 2. The van der Waals surface area contributed by atoms with E-state index in [1.54, 1.807) is 6.07 Å². The van der Waals surface area contributed by atoms with Crippen LogP contribution in [0.2, 0.25) is 5.15 Å². The van der Waals surface area contributed by atoms with Gasteiger partial charge in [-0.15, -0.1) is 0 Å². The van der Waals surface area contributed by atoms with E-state index in [0.29, 0.717) is 11.0 Å². The molecule has 2 rings (SSSR count). The van der Waals surface area contributed by atoms with E-state index >= 15 is 0 Å². The maximum Gasteiger partial charge on any atom is 0.135 e. The van der Waals surface area contributed by atoms with Gasteiger partial charge in [0.05, 0.1) is 0 Å². The maximum atomic E-state index is 5.89. The fraction of sp³-hybridized carbons (Fsp3) is 0.286.